The van der Waals surface area contributed by atoms with E-state index in [0.29, 0.717) is 0 Å². The molecule has 3 heterocycles. The summed E-state index contributed by atoms with van der Waals surface area (Å²) in [6.45, 7) is 11.9. The van der Waals surface area contributed by atoms with Crippen LogP contribution in [0.3, 0.4) is 0 Å². The lowest BCUT2D eigenvalue weighted by Gasteiger charge is -2.45. The van der Waals surface area contributed by atoms with Crippen LogP contribution in [0.2, 0.25) is 0 Å². The number of aryl methyl sites for hydroxylation is 1. The predicted molar refractivity (Wildman–Crippen MR) is 124 cm³/mol. The van der Waals surface area contributed by atoms with E-state index < -0.39 is 0 Å². The van der Waals surface area contributed by atoms with Gasteiger partial charge in [-0.3, -0.25) is 0 Å². The fraction of sp³-hybridized carbons (Fsp3) is 0.444. The quantitative estimate of drug-likeness (QED) is 0.332. The molecule has 0 fully saturated rings. The Morgan fingerprint density at radius 1 is 0.931 bits per heavy atom. The Labute approximate surface area is 174 Å². The lowest BCUT2D eigenvalue weighted by molar-refractivity contribution is -0.754. The predicted octanol–water partition coefficient (Wildman–Crippen LogP) is 6.84. The highest BCUT2D eigenvalue weighted by molar-refractivity contribution is 6.16. The van der Waals surface area contributed by atoms with E-state index in [1.165, 1.54) is 57.5 Å². The minimum Gasteiger partial charge on any atom is -0.322 e. The first-order chi connectivity index (χ1) is 14.0. The van der Waals surface area contributed by atoms with Crippen LogP contribution in [0, 0.1) is 0 Å². The van der Waals surface area contributed by atoms with E-state index in [-0.39, 0.29) is 11.1 Å². The summed E-state index contributed by atoms with van der Waals surface area (Å²) in [5, 5.41) is 4.17. The summed E-state index contributed by atoms with van der Waals surface area (Å²) in [6, 6.07) is 16.4. The van der Waals surface area contributed by atoms with Gasteiger partial charge >= 0.3 is 0 Å². The molecule has 0 aliphatic carbocycles. The summed E-state index contributed by atoms with van der Waals surface area (Å²) in [4.78, 5) is 0. The van der Waals surface area contributed by atoms with Crippen LogP contribution in [0.15, 0.2) is 48.7 Å². The third kappa shape index (κ3) is 2.21. The zero-order valence-corrected chi connectivity index (χ0v) is 18.5. The number of rotatable bonds is 5. The molecule has 0 spiro atoms. The number of fused-ring (bicyclic) bond motifs is 3. The van der Waals surface area contributed by atoms with Crippen molar-refractivity contribution < 1.29 is 4.57 Å². The molecule has 0 saturated heterocycles. The molecule has 0 amide bonds. The van der Waals surface area contributed by atoms with Gasteiger partial charge in [-0.25, -0.2) is 0 Å². The number of unbranched alkanes of at least 4 members (excludes halogenated alkanes) is 1. The summed E-state index contributed by atoms with van der Waals surface area (Å²) < 4.78 is 5.29. The molecular formula is C27H33N2+. The summed E-state index contributed by atoms with van der Waals surface area (Å²) in [5.74, 6) is 0. The third-order valence-electron chi connectivity index (χ3n) is 8.13. The Kier molecular flexibility index (Phi) is 4.07. The van der Waals surface area contributed by atoms with Gasteiger partial charge in [-0.15, -0.1) is 0 Å². The fourth-order valence-electron chi connectivity index (χ4n) is 5.90. The van der Waals surface area contributed by atoms with Crippen molar-refractivity contribution in [2.75, 3.05) is 0 Å². The van der Waals surface area contributed by atoms with Gasteiger partial charge in [0, 0.05) is 35.6 Å². The molecule has 4 aromatic rings. The van der Waals surface area contributed by atoms with E-state index in [2.05, 4.69) is 92.4 Å². The number of aromatic nitrogens is 2. The van der Waals surface area contributed by atoms with Crippen molar-refractivity contribution in [1.29, 1.82) is 0 Å². The average Bonchev–Trinajstić information content (AvgIpc) is 3.10. The van der Waals surface area contributed by atoms with Gasteiger partial charge in [-0.2, -0.15) is 4.57 Å². The summed E-state index contributed by atoms with van der Waals surface area (Å²) in [5.41, 5.74) is 5.71. The smallest absolute Gasteiger partial charge is 0.237 e. The molecule has 0 saturated carbocycles. The third-order valence-corrected chi connectivity index (χ3v) is 8.13. The Hall–Kier alpha value is -2.35. The Morgan fingerprint density at radius 2 is 1.76 bits per heavy atom. The lowest BCUT2D eigenvalue weighted by atomic mass is 9.73. The molecule has 150 valence electrons. The second kappa shape index (κ2) is 6.32. The van der Waals surface area contributed by atoms with Gasteiger partial charge in [0.05, 0.1) is 5.52 Å². The van der Waals surface area contributed by atoms with E-state index in [0.717, 1.165) is 12.8 Å². The van der Waals surface area contributed by atoms with E-state index in [4.69, 9.17) is 0 Å². The second-order valence-electron chi connectivity index (χ2n) is 9.32. The monoisotopic (exact) mass is 385 g/mol. The minimum atomic E-state index is 0.0139. The molecule has 2 nitrogen and oxygen atoms in total. The molecule has 2 aromatic carbocycles. The van der Waals surface area contributed by atoms with Crippen LogP contribution in [0.1, 0.15) is 65.9 Å². The van der Waals surface area contributed by atoms with Crippen molar-refractivity contribution in [3.63, 3.8) is 0 Å². The number of hydrogen-bond donors (Lipinski definition) is 0. The number of nitrogens with zero attached hydrogens (tertiary/aromatic N) is 2. The van der Waals surface area contributed by atoms with Gasteiger partial charge in [0.15, 0.2) is 11.7 Å². The summed E-state index contributed by atoms with van der Waals surface area (Å²) >= 11 is 0. The molecule has 2 heteroatoms. The van der Waals surface area contributed by atoms with Crippen LogP contribution in [0.25, 0.3) is 32.7 Å². The molecule has 2 unspecified atom stereocenters. The van der Waals surface area contributed by atoms with Crippen molar-refractivity contribution >= 4 is 32.7 Å². The van der Waals surface area contributed by atoms with E-state index in [1.807, 2.05) is 0 Å². The van der Waals surface area contributed by atoms with Gasteiger partial charge in [0.1, 0.15) is 11.1 Å². The molecule has 29 heavy (non-hydrogen) atoms. The number of pyridine rings is 1. The zero-order chi connectivity index (χ0) is 20.4. The normalized spacial score (nSPS) is 23.6. The van der Waals surface area contributed by atoms with Gasteiger partial charge in [-0.1, -0.05) is 39.3 Å². The number of benzene rings is 2. The lowest BCUT2D eigenvalue weighted by Crippen LogP contribution is -2.68. The second-order valence-corrected chi connectivity index (χ2v) is 9.32. The van der Waals surface area contributed by atoms with E-state index >= 15 is 0 Å². The zero-order valence-electron chi connectivity index (χ0n) is 18.5. The molecule has 0 radical (unpaired) electrons. The molecule has 1 aliphatic rings. The first kappa shape index (κ1) is 18.7. The topological polar surface area (TPSA) is 8.81 Å². The molecule has 2 aromatic heterocycles. The maximum Gasteiger partial charge on any atom is 0.237 e. The van der Waals surface area contributed by atoms with Crippen LogP contribution in [-0.4, -0.2) is 4.57 Å². The van der Waals surface area contributed by atoms with Crippen molar-refractivity contribution in [3.05, 3.63) is 54.2 Å². The summed E-state index contributed by atoms with van der Waals surface area (Å²) in [7, 11) is 0. The molecule has 0 N–H and O–H groups in total. The van der Waals surface area contributed by atoms with Gasteiger partial charge < -0.3 is 4.57 Å². The van der Waals surface area contributed by atoms with Gasteiger partial charge in [0.2, 0.25) is 5.52 Å². The molecule has 5 rings (SSSR count). The van der Waals surface area contributed by atoms with Crippen LogP contribution in [0.4, 0.5) is 0 Å². The van der Waals surface area contributed by atoms with Crippen LogP contribution < -0.4 is 4.57 Å². The first-order valence-corrected chi connectivity index (χ1v) is 11.4. The summed E-state index contributed by atoms with van der Waals surface area (Å²) in [6.07, 6.45) is 8.19. The fourth-order valence-corrected chi connectivity index (χ4v) is 5.90. The van der Waals surface area contributed by atoms with E-state index in [9.17, 15) is 0 Å². The molecule has 0 bridgehead atoms. The first-order valence-electron chi connectivity index (χ1n) is 11.4. The van der Waals surface area contributed by atoms with Crippen molar-refractivity contribution in [1.82, 2.24) is 4.57 Å². The van der Waals surface area contributed by atoms with Gasteiger partial charge in [0.25, 0.3) is 0 Å². The Morgan fingerprint density at radius 3 is 2.48 bits per heavy atom. The molecule has 1 aliphatic heterocycles. The maximum atomic E-state index is 2.70. The minimum absolute atomic E-state index is 0.0139. The van der Waals surface area contributed by atoms with Crippen molar-refractivity contribution in [3.8, 4) is 0 Å². The standard InChI is InChI=1S/C27H33N2/c1-6-9-11-19-13-16-23-22(18-19)21-15-14-20-12-10-17-28-24(20)25(21)29(23)27(5,8-3)26(28,4)7-2/h10,12-18H,6-9,11H2,1-5H3/q+1. The largest absolute Gasteiger partial charge is 0.322 e. The van der Waals surface area contributed by atoms with Gasteiger partial charge in [-0.05, 0) is 56.0 Å². The van der Waals surface area contributed by atoms with Crippen molar-refractivity contribution in [2.24, 2.45) is 0 Å². The average molecular weight is 386 g/mol. The van der Waals surface area contributed by atoms with Crippen molar-refractivity contribution in [2.45, 2.75) is 77.8 Å². The molecule has 2 atom stereocenters. The number of hydrogen-bond acceptors (Lipinski definition) is 0. The highest BCUT2D eigenvalue weighted by Gasteiger charge is 2.56. The highest BCUT2D eigenvalue weighted by Crippen LogP contribution is 2.48. The Bertz CT molecular complexity index is 1250. The maximum absolute atomic E-state index is 2.70. The SMILES string of the molecule is CCCCc1ccc2c(c1)c1ccc3ccc[n+]4c3c1n2C(C)(CC)C4(C)CC. The Balaban J connectivity index is 1.99. The van der Waals surface area contributed by atoms with Crippen LogP contribution in [0.5, 0.6) is 0 Å². The van der Waals surface area contributed by atoms with E-state index in [1.54, 1.807) is 0 Å². The molecular weight excluding hydrogens is 352 g/mol. The van der Waals surface area contributed by atoms with Crippen LogP contribution in [-0.2, 0) is 17.5 Å². The van der Waals surface area contributed by atoms with Crippen LogP contribution >= 0.6 is 0 Å². The highest BCUT2D eigenvalue weighted by atomic mass is 15.2.